The summed E-state index contributed by atoms with van der Waals surface area (Å²) in [5.41, 5.74) is 2.80. The Morgan fingerprint density at radius 3 is 2.78 bits per heavy atom. The van der Waals surface area contributed by atoms with Gasteiger partial charge in [0.1, 0.15) is 11.6 Å². The first-order valence-electron chi connectivity index (χ1n) is 5.74. The van der Waals surface area contributed by atoms with Gasteiger partial charge >= 0.3 is 0 Å². The van der Waals surface area contributed by atoms with Crippen molar-refractivity contribution in [2.75, 3.05) is 0 Å². The molecule has 2 N–H and O–H groups in total. The number of rotatable bonds is 4. The van der Waals surface area contributed by atoms with Crippen LogP contribution in [0, 0.1) is 12.7 Å². The van der Waals surface area contributed by atoms with E-state index in [1.165, 1.54) is 18.2 Å². The van der Waals surface area contributed by atoms with Gasteiger partial charge in [0.25, 0.3) is 0 Å². The maximum Gasteiger partial charge on any atom is 0.123 e. The van der Waals surface area contributed by atoms with Gasteiger partial charge in [0.2, 0.25) is 0 Å². The third kappa shape index (κ3) is 3.05. The van der Waals surface area contributed by atoms with Crippen molar-refractivity contribution in [3.63, 3.8) is 0 Å². The number of hydrogen-bond donors (Lipinski definition) is 2. The predicted molar refractivity (Wildman–Crippen MR) is 67.6 cm³/mol. The Bertz CT molecular complexity index is 543. The summed E-state index contributed by atoms with van der Waals surface area (Å²) in [6, 6.07) is 5.88. The number of pyridine rings is 1. The second kappa shape index (κ2) is 5.60. The molecule has 0 aliphatic rings. The van der Waals surface area contributed by atoms with Crippen LogP contribution in [0.25, 0.3) is 0 Å². The molecule has 0 radical (unpaired) electrons. The van der Waals surface area contributed by atoms with Crippen LogP contribution in [-0.4, -0.2) is 10.1 Å². The number of nitrogens with zero attached hydrogens (tertiary/aromatic N) is 1. The van der Waals surface area contributed by atoms with Crippen molar-refractivity contribution in [3.8, 4) is 5.75 Å². The summed E-state index contributed by atoms with van der Waals surface area (Å²) in [4.78, 5) is 4.05. The lowest BCUT2D eigenvalue weighted by atomic mass is 10.1. The highest BCUT2D eigenvalue weighted by Gasteiger charge is 2.03. The number of aromatic nitrogens is 1. The Hall–Kier alpha value is -1.94. The van der Waals surface area contributed by atoms with E-state index in [9.17, 15) is 9.50 Å². The number of benzene rings is 1. The van der Waals surface area contributed by atoms with Crippen LogP contribution in [-0.2, 0) is 13.1 Å². The van der Waals surface area contributed by atoms with E-state index in [4.69, 9.17) is 0 Å². The van der Waals surface area contributed by atoms with Crippen molar-refractivity contribution in [3.05, 3.63) is 59.2 Å². The first kappa shape index (κ1) is 12.5. The van der Waals surface area contributed by atoms with Gasteiger partial charge in [0.05, 0.1) is 0 Å². The highest BCUT2D eigenvalue weighted by molar-refractivity contribution is 5.32. The fourth-order valence-corrected chi connectivity index (χ4v) is 1.71. The van der Waals surface area contributed by atoms with E-state index in [1.54, 1.807) is 12.4 Å². The van der Waals surface area contributed by atoms with Crippen LogP contribution in [0.15, 0.2) is 36.7 Å². The first-order chi connectivity index (χ1) is 8.66. The summed E-state index contributed by atoms with van der Waals surface area (Å²) in [6.07, 6.45) is 3.55. The molecule has 18 heavy (non-hydrogen) atoms. The number of halogens is 1. The monoisotopic (exact) mass is 246 g/mol. The molecule has 1 aromatic heterocycles. The molecule has 2 aromatic rings. The van der Waals surface area contributed by atoms with Crippen LogP contribution in [0.3, 0.4) is 0 Å². The molecule has 0 bridgehead atoms. The maximum absolute atomic E-state index is 13.0. The van der Waals surface area contributed by atoms with E-state index in [1.807, 2.05) is 13.0 Å². The molecule has 1 heterocycles. The molecule has 0 unspecified atom stereocenters. The molecule has 0 spiro atoms. The Morgan fingerprint density at radius 1 is 1.22 bits per heavy atom. The van der Waals surface area contributed by atoms with Crippen molar-refractivity contribution >= 4 is 0 Å². The van der Waals surface area contributed by atoms with Crippen LogP contribution < -0.4 is 5.32 Å². The van der Waals surface area contributed by atoms with Crippen molar-refractivity contribution < 1.29 is 9.50 Å². The molecule has 0 fully saturated rings. The highest BCUT2D eigenvalue weighted by atomic mass is 19.1. The summed E-state index contributed by atoms with van der Waals surface area (Å²) in [5.74, 6) is -0.242. The number of aromatic hydroxyl groups is 1. The third-order valence-corrected chi connectivity index (χ3v) is 2.82. The van der Waals surface area contributed by atoms with Crippen molar-refractivity contribution in [2.24, 2.45) is 0 Å². The minimum atomic E-state index is -0.345. The van der Waals surface area contributed by atoms with Gasteiger partial charge in [0.15, 0.2) is 0 Å². The number of nitrogens with one attached hydrogen (secondary N) is 1. The van der Waals surface area contributed by atoms with E-state index < -0.39 is 0 Å². The van der Waals surface area contributed by atoms with E-state index in [-0.39, 0.29) is 11.6 Å². The third-order valence-electron chi connectivity index (χ3n) is 2.82. The summed E-state index contributed by atoms with van der Waals surface area (Å²) in [6.45, 7) is 3.06. The van der Waals surface area contributed by atoms with E-state index >= 15 is 0 Å². The van der Waals surface area contributed by atoms with Crippen LogP contribution in [0.2, 0.25) is 0 Å². The van der Waals surface area contributed by atoms with Gasteiger partial charge < -0.3 is 10.4 Å². The molecule has 0 aliphatic carbocycles. The van der Waals surface area contributed by atoms with Crippen LogP contribution in [0.5, 0.6) is 5.75 Å². The number of hydrogen-bond acceptors (Lipinski definition) is 3. The molecule has 4 heteroatoms. The Balaban J connectivity index is 1.96. The molecule has 1 aromatic carbocycles. The number of phenolic OH excluding ortho intramolecular Hbond substituents is 1. The Kier molecular flexibility index (Phi) is 3.89. The van der Waals surface area contributed by atoms with E-state index in [0.717, 1.165) is 11.1 Å². The van der Waals surface area contributed by atoms with E-state index in [2.05, 4.69) is 10.3 Å². The van der Waals surface area contributed by atoms with Gasteiger partial charge in [-0.2, -0.15) is 0 Å². The molecule has 3 nitrogen and oxygen atoms in total. The quantitative estimate of drug-likeness (QED) is 0.871. The van der Waals surface area contributed by atoms with Crippen molar-refractivity contribution in [1.82, 2.24) is 10.3 Å². The molecular weight excluding hydrogens is 231 g/mol. The minimum absolute atomic E-state index is 0.104. The standard InChI is InChI=1S/C14H15FN2O/c1-10-4-5-16-8-12(10)9-17-7-11-6-13(15)2-3-14(11)18/h2-6,8,17-18H,7,9H2,1H3. The Labute approximate surface area is 105 Å². The topological polar surface area (TPSA) is 45.2 Å². The van der Waals surface area contributed by atoms with Crippen LogP contribution in [0.4, 0.5) is 4.39 Å². The maximum atomic E-state index is 13.0. The zero-order valence-corrected chi connectivity index (χ0v) is 10.2. The Morgan fingerprint density at radius 2 is 2.00 bits per heavy atom. The molecule has 0 aliphatic heterocycles. The molecule has 2 rings (SSSR count). The molecule has 94 valence electrons. The summed E-state index contributed by atoms with van der Waals surface area (Å²) >= 11 is 0. The van der Waals surface area contributed by atoms with Gasteiger partial charge in [-0.15, -0.1) is 0 Å². The second-order valence-corrected chi connectivity index (χ2v) is 4.18. The predicted octanol–water partition coefficient (Wildman–Crippen LogP) is 2.52. The fourth-order valence-electron chi connectivity index (χ4n) is 1.71. The smallest absolute Gasteiger partial charge is 0.123 e. The zero-order valence-electron chi connectivity index (χ0n) is 10.2. The number of aryl methyl sites for hydroxylation is 1. The summed E-state index contributed by atoms with van der Waals surface area (Å²) in [7, 11) is 0. The lowest BCUT2D eigenvalue weighted by molar-refractivity contribution is 0.461. The minimum Gasteiger partial charge on any atom is -0.508 e. The van der Waals surface area contributed by atoms with Gasteiger partial charge in [0, 0.05) is 31.0 Å². The highest BCUT2D eigenvalue weighted by Crippen LogP contribution is 2.17. The largest absolute Gasteiger partial charge is 0.508 e. The lowest BCUT2D eigenvalue weighted by Crippen LogP contribution is -2.14. The fraction of sp³-hybridized carbons (Fsp3) is 0.214. The SMILES string of the molecule is Cc1ccncc1CNCc1cc(F)ccc1O. The van der Waals surface area contributed by atoms with Gasteiger partial charge in [-0.1, -0.05) is 0 Å². The molecule has 0 saturated carbocycles. The second-order valence-electron chi connectivity index (χ2n) is 4.18. The lowest BCUT2D eigenvalue weighted by Gasteiger charge is -2.08. The van der Waals surface area contributed by atoms with Gasteiger partial charge in [-0.3, -0.25) is 4.98 Å². The summed E-state index contributed by atoms with van der Waals surface area (Å²) < 4.78 is 13.0. The average Bonchev–Trinajstić information content (AvgIpc) is 2.36. The molecule has 0 amide bonds. The summed E-state index contributed by atoms with van der Waals surface area (Å²) in [5, 5.41) is 12.7. The van der Waals surface area contributed by atoms with Crippen LogP contribution >= 0.6 is 0 Å². The average molecular weight is 246 g/mol. The van der Waals surface area contributed by atoms with Crippen molar-refractivity contribution in [2.45, 2.75) is 20.0 Å². The van der Waals surface area contributed by atoms with Crippen molar-refractivity contribution in [1.29, 1.82) is 0 Å². The van der Waals surface area contributed by atoms with Crippen LogP contribution in [0.1, 0.15) is 16.7 Å². The molecule has 0 atom stereocenters. The first-order valence-corrected chi connectivity index (χ1v) is 5.74. The zero-order chi connectivity index (χ0) is 13.0. The molecular formula is C14H15FN2O. The number of phenols is 1. The van der Waals surface area contributed by atoms with Gasteiger partial charge in [-0.25, -0.2) is 4.39 Å². The normalized spacial score (nSPS) is 10.6. The van der Waals surface area contributed by atoms with Gasteiger partial charge in [-0.05, 0) is 42.3 Å². The van der Waals surface area contributed by atoms with E-state index in [0.29, 0.717) is 18.7 Å². The molecule has 0 saturated heterocycles.